The Hall–Kier alpha value is -0.650. The number of esters is 1. The van der Waals surface area contributed by atoms with Crippen LogP contribution in [-0.4, -0.2) is 85.7 Å². The molecule has 2 rings (SSSR count). The number of carbonyl (C=O) groups is 1. The molecule has 0 aromatic heterocycles. The van der Waals surface area contributed by atoms with Gasteiger partial charge in [-0.25, -0.2) is 0 Å². The fraction of sp³-hybridized carbons (Fsp3) is 0.947. The van der Waals surface area contributed by atoms with Gasteiger partial charge in [0.05, 0.1) is 13.2 Å². The van der Waals surface area contributed by atoms with Gasteiger partial charge in [-0.2, -0.15) is 0 Å². The van der Waals surface area contributed by atoms with Crippen molar-refractivity contribution in [3.05, 3.63) is 0 Å². The molecule has 0 amide bonds. The number of carbonyl (C=O) groups excluding carboxylic acids is 1. The van der Waals surface area contributed by atoms with E-state index in [4.69, 9.17) is 4.74 Å². The normalized spacial score (nSPS) is 23.3. The third-order valence-corrected chi connectivity index (χ3v) is 5.81. The Bertz CT molecular complexity index is 373. The molecule has 0 saturated carbocycles. The lowest BCUT2D eigenvalue weighted by Gasteiger charge is -2.49. The maximum Gasteiger partial charge on any atom is 0.320 e. The summed E-state index contributed by atoms with van der Waals surface area (Å²) < 4.78 is 5.37. The van der Waals surface area contributed by atoms with Crippen LogP contribution in [0.15, 0.2) is 0 Å². The van der Waals surface area contributed by atoms with Crippen molar-refractivity contribution in [2.75, 3.05) is 59.5 Å². The van der Waals surface area contributed by atoms with E-state index in [0.29, 0.717) is 18.7 Å². The van der Waals surface area contributed by atoms with Crippen LogP contribution in [0.4, 0.5) is 0 Å². The van der Waals surface area contributed by atoms with E-state index >= 15 is 0 Å². The molecule has 2 aliphatic heterocycles. The first-order valence-corrected chi connectivity index (χ1v) is 9.85. The molecule has 0 bridgehead atoms. The molecule has 2 fully saturated rings. The number of hydrogen-bond donors (Lipinski definition) is 0. The summed E-state index contributed by atoms with van der Waals surface area (Å²) in [6, 6.07) is 0. The summed E-state index contributed by atoms with van der Waals surface area (Å²) in [5.41, 5.74) is 0.346. The topological polar surface area (TPSA) is 36.0 Å². The molecule has 0 N–H and O–H groups in total. The van der Waals surface area contributed by atoms with Gasteiger partial charge in [0, 0.05) is 31.7 Å². The van der Waals surface area contributed by atoms with Gasteiger partial charge in [-0.05, 0) is 46.3 Å². The maximum absolute atomic E-state index is 11.9. The number of hydrogen-bond acceptors (Lipinski definition) is 5. The second kappa shape index (κ2) is 9.73. The number of likely N-dealkylation sites (tertiary alicyclic amines) is 1. The molecule has 0 spiro atoms. The molecule has 24 heavy (non-hydrogen) atoms. The molecule has 2 saturated heterocycles. The molecule has 2 heterocycles. The van der Waals surface area contributed by atoms with Crippen molar-refractivity contribution in [1.82, 2.24) is 14.7 Å². The lowest BCUT2D eigenvalue weighted by atomic mass is 9.87. The molecule has 0 aromatic rings. The first-order valence-electron chi connectivity index (χ1n) is 9.85. The van der Waals surface area contributed by atoms with Gasteiger partial charge in [-0.15, -0.1) is 0 Å². The molecule has 140 valence electrons. The Kier molecular flexibility index (Phi) is 7.98. The number of nitrogens with zero attached hydrogens (tertiary/aromatic N) is 3. The lowest BCUT2D eigenvalue weighted by Crippen LogP contribution is -2.59. The summed E-state index contributed by atoms with van der Waals surface area (Å²) in [5, 5.41) is 0. The fourth-order valence-electron chi connectivity index (χ4n) is 3.81. The molecule has 5 heteroatoms. The number of ether oxygens (including phenoxy) is 1. The van der Waals surface area contributed by atoms with Crippen LogP contribution in [-0.2, 0) is 9.53 Å². The highest BCUT2D eigenvalue weighted by Gasteiger charge is 2.36. The van der Waals surface area contributed by atoms with Crippen molar-refractivity contribution in [3.8, 4) is 0 Å². The van der Waals surface area contributed by atoms with E-state index in [2.05, 4.69) is 35.6 Å². The van der Waals surface area contributed by atoms with Crippen molar-refractivity contribution in [2.45, 2.75) is 57.9 Å². The second-order valence-corrected chi connectivity index (χ2v) is 7.84. The zero-order valence-electron chi connectivity index (χ0n) is 16.1. The summed E-state index contributed by atoms with van der Waals surface area (Å²) in [5.74, 6) is -0.0505. The molecule has 5 nitrogen and oxygen atoms in total. The summed E-state index contributed by atoms with van der Waals surface area (Å²) >= 11 is 0. The van der Waals surface area contributed by atoms with Crippen LogP contribution in [0.2, 0.25) is 0 Å². The minimum Gasteiger partial charge on any atom is -0.465 e. The van der Waals surface area contributed by atoms with Crippen LogP contribution in [0.5, 0.6) is 0 Å². The van der Waals surface area contributed by atoms with Crippen LogP contribution in [0.1, 0.15) is 52.4 Å². The number of piperazine rings is 1. The van der Waals surface area contributed by atoms with Gasteiger partial charge < -0.3 is 9.64 Å². The van der Waals surface area contributed by atoms with Gasteiger partial charge in [-0.1, -0.05) is 26.2 Å². The van der Waals surface area contributed by atoms with E-state index in [1.54, 1.807) is 0 Å². The summed E-state index contributed by atoms with van der Waals surface area (Å²) in [7, 11) is 2.21. The summed E-state index contributed by atoms with van der Waals surface area (Å²) in [4.78, 5) is 19.3. The molecular formula is C19H37N3O2. The first-order chi connectivity index (χ1) is 11.5. The van der Waals surface area contributed by atoms with Crippen molar-refractivity contribution < 1.29 is 9.53 Å². The number of piperidine rings is 1. The van der Waals surface area contributed by atoms with E-state index in [0.717, 1.165) is 39.0 Å². The van der Waals surface area contributed by atoms with Gasteiger partial charge in [0.25, 0.3) is 0 Å². The Balaban J connectivity index is 1.63. The zero-order valence-corrected chi connectivity index (χ0v) is 16.1. The van der Waals surface area contributed by atoms with Crippen LogP contribution >= 0.6 is 0 Å². The van der Waals surface area contributed by atoms with Crippen molar-refractivity contribution >= 4 is 5.97 Å². The van der Waals surface area contributed by atoms with E-state index in [-0.39, 0.29) is 5.97 Å². The molecular weight excluding hydrogens is 302 g/mol. The minimum absolute atomic E-state index is 0.0505. The number of unbranched alkanes of at least 4 members (excludes halogenated alkanes) is 3. The Labute approximate surface area is 148 Å². The SMILES string of the molecule is CCCCCCOC(=O)CN1CCN(C2(C)CCN(C)CC2)CC1. The van der Waals surface area contributed by atoms with Gasteiger partial charge in [0.1, 0.15) is 0 Å². The highest BCUT2D eigenvalue weighted by Crippen LogP contribution is 2.28. The largest absolute Gasteiger partial charge is 0.465 e. The standard InChI is InChI=1S/C19H37N3O2/c1-4-5-6-7-16-24-18(23)17-21-12-14-22(15-13-21)19(2)8-10-20(3)11-9-19/h4-17H2,1-3H3. The molecule has 0 unspecified atom stereocenters. The van der Waals surface area contributed by atoms with Crippen LogP contribution in [0, 0.1) is 0 Å². The zero-order chi connectivity index (χ0) is 17.4. The third-order valence-electron chi connectivity index (χ3n) is 5.81. The van der Waals surface area contributed by atoms with Gasteiger partial charge in [0.15, 0.2) is 0 Å². The maximum atomic E-state index is 11.9. The van der Waals surface area contributed by atoms with Gasteiger partial charge >= 0.3 is 5.97 Å². The highest BCUT2D eigenvalue weighted by molar-refractivity contribution is 5.71. The van der Waals surface area contributed by atoms with E-state index < -0.39 is 0 Å². The second-order valence-electron chi connectivity index (χ2n) is 7.84. The summed E-state index contributed by atoms with van der Waals surface area (Å²) in [6.07, 6.45) is 7.12. The molecule has 0 atom stereocenters. The Morgan fingerprint density at radius 1 is 1.00 bits per heavy atom. The average molecular weight is 340 g/mol. The van der Waals surface area contributed by atoms with Crippen molar-refractivity contribution in [1.29, 1.82) is 0 Å². The van der Waals surface area contributed by atoms with Crippen molar-refractivity contribution in [3.63, 3.8) is 0 Å². The lowest BCUT2D eigenvalue weighted by molar-refractivity contribution is -0.145. The van der Waals surface area contributed by atoms with Crippen molar-refractivity contribution in [2.24, 2.45) is 0 Å². The number of rotatable bonds is 8. The van der Waals surface area contributed by atoms with E-state index in [9.17, 15) is 4.79 Å². The predicted octanol–water partition coefficient (Wildman–Crippen LogP) is 2.21. The minimum atomic E-state index is -0.0505. The van der Waals surface area contributed by atoms with E-state index in [1.165, 1.54) is 38.8 Å². The third kappa shape index (κ3) is 6.01. The quantitative estimate of drug-likeness (QED) is 0.500. The highest BCUT2D eigenvalue weighted by atomic mass is 16.5. The van der Waals surface area contributed by atoms with E-state index in [1.807, 2.05) is 0 Å². The van der Waals surface area contributed by atoms with Gasteiger partial charge in [-0.3, -0.25) is 14.6 Å². The smallest absolute Gasteiger partial charge is 0.320 e. The Morgan fingerprint density at radius 2 is 1.67 bits per heavy atom. The molecule has 0 aliphatic carbocycles. The average Bonchev–Trinajstić information content (AvgIpc) is 2.58. The van der Waals surface area contributed by atoms with Crippen LogP contribution < -0.4 is 0 Å². The molecule has 0 radical (unpaired) electrons. The Morgan fingerprint density at radius 3 is 2.29 bits per heavy atom. The summed E-state index contributed by atoms with van der Waals surface area (Å²) in [6.45, 7) is 12.2. The van der Waals surface area contributed by atoms with Crippen LogP contribution in [0.25, 0.3) is 0 Å². The predicted molar refractivity (Wildman–Crippen MR) is 98.3 cm³/mol. The molecule has 2 aliphatic rings. The first kappa shape index (κ1) is 19.7. The molecule has 0 aromatic carbocycles. The van der Waals surface area contributed by atoms with Crippen LogP contribution in [0.3, 0.4) is 0 Å². The van der Waals surface area contributed by atoms with Gasteiger partial charge in [0.2, 0.25) is 0 Å². The fourth-order valence-corrected chi connectivity index (χ4v) is 3.81. The monoisotopic (exact) mass is 339 g/mol.